The van der Waals surface area contributed by atoms with Gasteiger partial charge in [0.1, 0.15) is 6.23 Å². The summed E-state index contributed by atoms with van der Waals surface area (Å²) in [5.41, 5.74) is 0. The summed E-state index contributed by atoms with van der Waals surface area (Å²) in [5.74, 6) is 0.971. The second kappa shape index (κ2) is 8.04. The minimum absolute atomic E-state index is 0.0777. The van der Waals surface area contributed by atoms with Gasteiger partial charge in [-0.05, 0) is 19.9 Å². The summed E-state index contributed by atoms with van der Waals surface area (Å²) in [6, 6.07) is 0. The van der Waals surface area contributed by atoms with Gasteiger partial charge in [-0.3, -0.25) is 4.99 Å². The highest BCUT2D eigenvalue weighted by molar-refractivity contribution is 7.98. The third-order valence-corrected chi connectivity index (χ3v) is 1.63. The Morgan fingerprint density at radius 2 is 2.45 bits per heavy atom. The van der Waals surface area contributed by atoms with Crippen LogP contribution in [0.4, 0.5) is 0 Å². The molecule has 11 heavy (non-hydrogen) atoms. The van der Waals surface area contributed by atoms with Crippen LogP contribution in [-0.2, 0) is 4.74 Å². The first-order valence-electron chi connectivity index (χ1n) is 3.58. The van der Waals surface area contributed by atoms with E-state index >= 15 is 0 Å². The molecule has 0 bridgehead atoms. The normalized spacial score (nSPS) is 12.9. The van der Waals surface area contributed by atoms with Crippen LogP contribution in [0.15, 0.2) is 4.99 Å². The van der Waals surface area contributed by atoms with Crippen LogP contribution in [0.3, 0.4) is 0 Å². The third kappa shape index (κ3) is 7.84. The van der Waals surface area contributed by atoms with Crippen molar-refractivity contribution >= 4 is 18.5 Å². The lowest BCUT2D eigenvalue weighted by Crippen LogP contribution is -2.20. The fraction of sp³-hybridized carbons (Fsp3) is 0.857. The molecule has 0 saturated heterocycles. The van der Waals surface area contributed by atoms with Crippen LogP contribution in [0, 0.1) is 0 Å². The van der Waals surface area contributed by atoms with Crippen molar-refractivity contribution < 1.29 is 4.74 Å². The summed E-state index contributed by atoms with van der Waals surface area (Å²) in [7, 11) is 0. The molecule has 0 saturated carbocycles. The highest BCUT2D eigenvalue weighted by Gasteiger charge is 1.93. The Morgan fingerprint density at radius 1 is 1.73 bits per heavy atom. The van der Waals surface area contributed by atoms with E-state index in [-0.39, 0.29) is 6.23 Å². The Morgan fingerprint density at radius 3 is 3.00 bits per heavy atom. The highest BCUT2D eigenvalue weighted by atomic mass is 32.2. The largest absolute Gasteiger partial charge is 0.356 e. The number of nitrogens with zero attached hydrogens (tertiary/aromatic N) is 1. The number of ether oxygens (including phenoxy) is 1. The molecule has 0 aromatic rings. The van der Waals surface area contributed by atoms with Gasteiger partial charge in [-0.2, -0.15) is 0 Å². The van der Waals surface area contributed by atoms with Gasteiger partial charge in [0.2, 0.25) is 0 Å². The average Bonchev–Trinajstić information content (AvgIpc) is 2.04. The summed E-state index contributed by atoms with van der Waals surface area (Å²) >= 11 is 1.76. The number of nitrogens with one attached hydrogen (secondary N) is 1. The third-order valence-electron chi connectivity index (χ3n) is 1.14. The second-order valence-corrected chi connectivity index (χ2v) is 2.95. The SMILES string of the molecule is C=N[C@@H](C)OCCNCSC. The molecule has 0 aliphatic rings. The first kappa shape index (κ1) is 10.9. The minimum atomic E-state index is -0.0777. The predicted molar refractivity (Wildman–Crippen MR) is 51.3 cm³/mol. The minimum Gasteiger partial charge on any atom is -0.356 e. The molecule has 4 heteroatoms. The first-order chi connectivity index (χ1) is 5.31. The maximum Gasteiger partial charge on any atom is 0.144 e. The zero-order chi connectivity index (χ0) is 8.53. The predicted octanol–water partition coefficient (Wildman–Crippen LogP) is 0.960. The van der Waals surface area contributed by atoms with Crippen LogP contribution >= 0.6 is 11.8 Å². The van der Waals surface area contributed by atoms with Gasteiger partial charge in [0, 0.05) is 12.4 Å². The molecule has 0 amide bonds. The van der Waals surface area contributed by atoms with Crippen molar-refractivity contribution in [2.45, 2.75) is 13.2 Å². The maximum absolute atomic E-state index is 5.24. The molecule has 0 radical (unpaired) electrons. The standard InChI is InChI=1S/C7H16N2OS/c1-7(8-2)10-5-4-9-6-11-3/h7,9H,2,4-6H2,1,3H3/t7-/m1/s1. The van der Waals surface area contributed by atoms with Crippen molar-refractivity contribution in [2.75, 3.05) is 25.3 Å². The van der Waals surface area contributed by atoms with Gasteiger partial charge in [-0.1, -0.05) is 0 Å². The van der Waals surface area contributed by atoms with Crippen molar-refractivity contribution in [3.8, 4) is 0 Å². The lowest BCUT2D eigenvalue weighted by atomic mass is 10.6. The summed E-state index contributed by atoms with van der Waals surface area (Å²) in [6.45, 7) is 6.82. The fourth-order valence-corrected chi connectivity index (χ4v) is 0.877. The second-order valence-electron chi connectivity index (χ2n) is 2.09. The summed E-state index contributed by atoms with van der Waals surface area (Å²) < 4.78 is 5.24. The molecule has 0 spiro atoms. The zero-order valence-electron chi connectivity index (χ0n) is 7.17. The Labute approximate surface area is 72.6 Å². The lowest BCUT2D eigenvalue weighted by Gasteiger charge is -2.07. The van der Waals surface area contributed by atoms with Crippen molar-refractivity contribution in [3.63, 3.8) is 0 Å². The van der Waals surface area contributed by atoms with Crippen molar-refractivity contribution in [1.29, 1.82) is 0 Å². The summed E-state index contributed by atoms with van der Waals surface area (Å²) in [4.78, 5) is 3.70. The van der Waals surface area contributed by atoms with Crippen LogP contribution < -0.4 is 5.32 Å². The molecule has 0 fully saturated rings. The van der Waals surface area contributed by atoms with Crippen LogP contribution in [0.1, 0.15) is 6.92 Å². The molecular weight excluding hydrogens is 160 g/mol. The fourth-order valence-electron chi connectivity index (χ4n) is 0.529. The van der Waals surface area contributed by atoms with Gasteiger partial charge in [-0.15, -0.1) is 11.8 Å². The number of rotatable bonds is 7. The summed E-state index contributed by atoms with van der Waals surface area (Å²) in [5, 5.41) is 3.19. The zero-order valence-corrected chi connectivity index (χ0v) is 7.99. The number of hydrogen-bond acceptors (Lipinski definition) is 4. The molecular formula is C7H16N2OS. The van der Waals surface area contributed by atoms with Gasteiger partial charge in [0.05, 0.1) is 6.61 Å². The monoisotopic (exact) mass is 176 g/mol. The Bertz CT molecular complexity index is 100. The van der Waals surface area contributed by atoms with Gasteiger partial charge in [0.25, 0.3) is 0 Å². The van der Waals surface area contributed by atoms with Gasteiger partial charge in [0.15, 0.2) is 0 Å². The van der Waals surface area contributed by atoms with Crippen molar-refractivity contribution in [1.82, 2.24) is 5.32 Å². The Kier molecular flexibility index (Phi) is 8.00. The summed E-state index contributed by atoms with van der Waals surface area (Å²) in [6.07, 6.45) is 1.98. The first-order valence-corrected chi connectivity index (χ1v) is 4.97. The molecule has 0 aromatic heterocycles. The van der Waals surface area contributed by atoms with Gasteiger partial charge in [-0.25, -0.2) is 0 Å². The number of aliphatic imine (C=N–C) groups is 1. The van der Waals surface area contributed by atoms with E-state index in [0.717, 1.165) is 12.4 Å². The van der Waals surface area contributed by atoms with E-state index in [1.807, 2.05) is 6.92 Å². The highest BCUT2D eigenvalue weighted by Crippen LogP contribution is 1.89. The van der Waals surface area contributed by atoms with Gasteiger partial charge >= 0.3 is 0 Å². The van der Waals surface area contributed by atoms with E-state index in [1.54, 1.807) is 11.8 Å². The van der Waals surface area contributed by atoms with Gasteiger partial charge < -0.3 is 10.1 Å². The quantitative estimate of drug-likeness (QED) is 0.356. The van der Waals surface area contributed by atoms with E-state index in [9.17, 15) is 0 Å². The van der Waals surface area contributed by atoms with Crippen LogP contribution in [-0.4, -0.2) is 38.2 Å². The van der Waals surface area contributed by atoms with E-state index < -0.39 is 0 Å². The molecule has 0 aromatic carbocycles. The lowest BCUT2D eigenvalue weighted by molar-refractivity contribution is 0.0758. The van der Waals surface area contributed by atoms with Crippen LogP contribution in [0.5, 0.6) is 0 Å². The molecule has 3 nitrogen and oxygen atoms in total. The van der Waals surface area contributed by atoms with Crippen molar-refractivity contribution in [3.05, 3.63) is 0 Å². The van der Waals surface area contributed by atoms with Crippen LogP contribution in [0.2, 0.25) is 0 Å². The molecule has 0 rings (SSSR count). The topological polar surface area (TPSA) is 33.6 Å². The molecule has 66 valence electrons. The Balaban J connectivity index is 2.95. The Hall–Kier alpha value is -0.0600. The molecule has 0 unspecified atom stereocenters. The van der Waals surface area contributed by atoms with E-state index in [1.165, 1.54) is 0 Å². The van der Waals surface area contributed by atoms with E-state index in [2.05, 4.69) is 23.3 Å². The molecule has 0 aliphatic carbocycles. The molecule has 0 heterocycles. The number of hydrogen-bond donors (Lipinski definition) is 1. The van der Waals surface area contributed by atoms with E-state index in [0.29, 0.717) is 6.61 Å². The van der Waals surface area contributed by atoms with Crippen LogP contribution in [0.25, 0.3) is 0 Å². The molecule has 0 aliphatic heterocycles. The van der Waals surface area contributed by atoms with E-state index in [4.69, 9.17) is 4.74 Å². The molecule has 1 N–H and O–H groups in total. The maximum atomic E-state index is 5.24. The average molecular weight is 176 g/mol. The van der Waals surface area contributed by atoms with Crippen molar-refractivity contribution in [2.24, 2.45) is 4.99 Å². The molecule has 1 atom stereocenters. The smallest absolute Gasteiger partial charge is 0.144 e. The number of thioether (sulfide) groups is 1.